The Morgan fingerprint density at radius 3 is 2.50 bits per heavy atom. The lowest BCUT2D eigenvalue weighted by atomic mass is 9.49. The van der Waals surface area contributed by atoms with Crippen molar-refractivity contribution in [1.82, 2.24) is 15.2 Å². The minimum absolute atomic E-state index is 0.126. The Labute approximate surface area is 260 Å². The predicted molar refractivity (Wildman–Crippen MR) is 165 cm³/mol. The van der Waals surface area contributed by atoms with Gasteiger partial charge in [-0.3, -0.25) is 4.79 Å². The summed E-state index contributed by atoms with van der Waals surface area (Å²) in [6, 6.07) is 1.78. The van der Waals surface area contributed by atoms with E-state index in [-0.39, 0.29) is 23.7 Å². The molecule has 4 saturated carbocycles. The van der Waals surface area contributed by atoms with E-state index in [1.165, 1.54) is 50.3 Å². The Hall–Kier alpha value is -1.55. The molecular weight excluding hydrogens is 574 g/mol. The number of thioether (sulfide) groups is 1. The molecule has 4 bridgehead atoms. The number of aromatic nitrogens is 1. The van der Waals surface area contributed by atoms with E-state index in [1.54, 1.807) is 17.2 Å². The molecule has 1 atom stereocenters. The Morgan fingerprint density at radius 1 is 1.14 bits per heavy atom. The van der Waals surface area contributed by atoms with Gasteiger partial charge in [0.2, 0.25) is 0 Å². The second-order valence-corrected chi connectivity index (χ2v) is 15.4. The molecule has 4 aliphatic carbocycles. The van der Waals surface area contributed by atoms with Crippen LogP contribution in [0.25, 0.3) is 0 Å². The molecule has 42 heavy (non-hydrogen) atoms. The van der Waals surface area contributed by atoms with E-state index in [4.69, 9.17) is 25.8 Å². The molecule has 0 radical (unpaired) electrons. The smallest absolute Gasteiger partial charge is 0.410 e. The van der Waals surface area contributed by atoms with E-state index < -0.39 is 5.54 Å². The van der Waals surface area contributed by atoms with Crippen molar-refractivity contribution in [2.45, 2.75) is 102 Å². The van der Waals surface area contributed by atoms with Crippen molar-refractivity contribution in [3.8, 4) is 0 Å². The van der Waals surface area contributed by atoms with Crippen LogP contribution in [0.2, 0.25) is 5.02 Å². The SMILES string of the molecule is CC(C)(C)N(CCSc1cc(C(=O)NCC23CC4CC(CC(C4)C2)C3)c(Cl)cn1)C(=O)OCCCOC1CCCCO1. The topological polar surface area (TPSA) is 90.0 Å². The highest BCUT2D eigenvalue weighted by Gasteiger charge is 2.50. The third-order valence-corrected chi connectivity index (χ3v) is 10.6. The fourth-order valence-electron chi connectivity index (χ4n) is 7.84. The molecule has 8 nitrogen and oxygen atoms in total. The van der Waals surface area contributed by atoms with Crippen molar-refractivity contribution >= 4 is 35.4 Å². The van der Waals surface area contributed by atoms with E-state index in [1.807, 2.05) is 20.8 Å². The summed E-state index contributed by atoms with van der Waals surface area (Å²) in [5.41, 5.74) is 0.329. The van der Waals surface area contributed by atoms with Crippen LogP contribution in [0.1, 0.15) is 95.3 Å². The van der Waals surface area contributed by atoms with Crippen LogP contribution < -0.4 is 5.32 Å². The second kappa shape index (κ2) is 14.0. The van der Waals surface area contributed by atoms with Gasteiger partial charge < -0.3 is 24.4 Å². The molecule has 1 N–H and O–H groups in total. The first-order valence-corrected chi connectivity index (χ1v) is 17.2. The van der Waals surface area contributed by atoms with E-state index >= 15 is 0 Å². The minimum Gasteiger partial charge on any atom is -0.449 e. The molecule has 1 unspecified atom stereocenters. The first-order valence-electron chi connectivity index (χ1n) is 15.8. The Kier molecular flexibility index (Phi) is 10.7. The third kappa shape index (κ3) is 8.33. The molecule has 1 saturated heterocycles. The quantitative estimate of drug-likeness (QED) is 0.200. The average molecular weight is 622 g/mol. The molecule has 2 amide bonds. The first kappa shape index (κ1) is 31.9. The maximum Gasteiger partial charge on any atom is 0.410 e. The minimum atomic E-state index is -0.403. The van der Waals surface area contributed by atoms with Gasteiger partial charge in [0.05, 0.1) is 28.8 Å². The highest BCUT2D eigenvalue weighted by molar-refractivity contribution is 7.99. The number of hydrogen-bond acceptors (Lipinski definition) is 7. The zero-order valence-corrected chi connectivity index (χ0v) is 27.1. The highest BCUT2D eigenvalue weighted by Crippen LogP contribution is 2.59. The van der Waals surface area contributed by atoms with Crippen LogP contribution in [-0.4, -0.2) is 72.4 Å². The van der Waals surface area contributed by atoms with Crippen molar-refractivity contribution in [2.75, 3.05) is 38.7 Å². The van der Waals surface area contributed by atoms with E-state index in [2.05, 4.69) is 10.3 Å². The summed E-state index contributed by atoms with van der Waals surface area (Å²) in [4.78, 5) is 32.3. The van der Waals surface area contributed by atoms with Crippen LogP contribution in [0, 0.1) is 23.2 Å². The van der Waals surface area contributed by atoms with E-state index in [0.717, 1.165) is 50.2 Å². The van der Waals surface area contributed by atoms with Crippen LogP contribution >= 0.6 is 23.4 Å². The molecule has 0 spiro atoms. The zero-order valence-electron chi connectivity index (χ0n) is 25.5. The number of hydrogen-bond donors (Lipinski definition) is 1. The van der Waals surface area contributed by atoms with Gasteiger partial charge in [0.1, 0.15) is 0 Å². The monoisotopic (exact) mass is 621 g/mol. The summed E-state index contributed by atoms with van der Waals surface area (Å²) < 4.78 is 16.9. The van der Waals surface area contributed by atoms with Gasteiger partial charge in [-0.1, -0.05) is 11.6 Å². The molecular formula is C32H48ClN3O5S. The summed E-state index contributed by atoms with van der Waals surface area (Å²) in [6.45, 7) is 8.76. The van der Waals surface area contributed by atoms with E-state index in [0.29, 0.717) is 47.5 Å². The molecule has 1 aromatic heterocycles. The third-order valence-electron chi connectivity index (χ3n) is 9.41. The highest BCUT2D eigenvalue weighted by atomic mass is 35.5. The second-order valence-electron chi connectivity index (χ2n) is 13.9. The number of carbonyl (C=O) groups excluding carboxylic acids is 2. The van der Waals surface area contributed by atoms with Gasteiger partial charge in [0.15, 0.2) is 6.29 Å². The van der Waals surface area contributed by atoms with Crippen LogP contribution in [0.3, 0.4) is 0 Å². The van der Waals surface area contributed by atoms with Gasteiger partial charge in [0.25, 0.3) is 5.91 Å². The zero-order chi connectivity index (χ0) is 29.7. The van der Waals surface area contributed by atoms with Gasteiger partial charge in [-0.2, -0.15) is 0 Å². The number of nitrogens with one attached hydrogen (secondary N) is 1. The number of pyridine rings is 1. The summed E-state index contributed by atoms with van der Waals surface area (Å²) in [6.07, 6.45) is 12.8. The number of nitrogens with zero attached hydrogens (tertiary/aromatic N) is 2. The number of ether oxygens (including phenoxy) is 3. The lowest BCUT2D eigenvalue weighted by Gasteiger charge is -2.56. The van der Waals surface area contributed by atoms with Crippen LogP contribution in [-0.2, 0) is 14.2 Å². The van der Waals surface area contributed by atoms with Gasteiger partial charge in [-0.05, 0) is 108 Å². The van der Waals surface area contributed by atoms with Crippen molar-refractivity contribution < 1.29 is 23.8 Å². The maximum atomic E-state index is 13.2. The van der Waals surface area contributed by atoms with Gasteiger partial charge in [-0.15, -0.1) is 11.8 Å². The lowest BCUT2D eigenvalue weighted by molar-refractivity contribution is -0.163. The first-order chi connectivity index (χ1) is 20.1. The maximum absolute atomic E-state index is 13.2. The number of rotatable bonds is 12. The molecule has 1 aromatic rings. The van der Waals surface area contributed by atoms with Crippen molar-refractivity contribution in [1.29, 1.82) is 0 Å². The Balaban J connectivity index is 1.07. The Morgan fingerprint density at radius 2 is 1.86 bits per heavy atom. The summed E-state index contributed by atoms with van der Waals surface area (Å²) >= 11 is 7.93. The molecule has 234 valence electrons. The molecule has 6 rings (SSSR count). The molecule has 10 heteroatoms. The molecule has 2 heterocycles. The van der Waals surface area contributed by atoms with Gasteiger partial charge in [0, 0.05) is 43.6 Å². The summed E-state index contributed by atoms with van der Waals surface area (Å²) in [5.74, 6) is 3.03. The average Bonchev–Trinajstić information content (AvgIpc) is 2.94. The van der Waals surface area contributed by atoms with Crippen molar-refractivity contribution in [3.05, 3.63) is 22.8 Å². The molecule has 0 aromatic carbocycles. The molecule has 5 aliphatic rings. The van der Waals surface area contributed by atoms with Crippen LogP contribution in [0.5, 0.6) is 0 Å². The molecule has 5 fully saturated rings. The fourth-order valence-corrected chi connectivity index (χ4v) is 8.84. The van der Waals surface area contributed by atoms with Gasteiger partial charge >= 0.3 is 6.09 Å². The Bertz CT molecular complexity index is 1060. The predicted octanol–water partition coefficient (Wildman–Crippen LogP) is 6.94. The number of amides is 2. The van der Waals surface area contributed by atoms with Crippen LogP contribution in [0.15, 0.2) is 17.3 Å². The van der Waals surface area contributed by atoms with Gasteiger partial charge in [-0.25, -0.2) is 9.78 Å². The fraction of sp³-hybridized carbons (Fsp3) is 0.781. The molecule has 1 aliphatic heterocycles. The van der Waals surface area contributed by atoms with Crippen LogP contribution in [0.4, 0.5) is 4.79 Å². The van der Waals surface area contributed by atoms with E-state index in [9.17, 15) is 9.59 Å². The largest absolute Gasteiger partial charge is 0.449 e. The van der Waals surface area contributed by atoms with Crippen molar-refractivity contribution in [3.63, 3.8) is 0 Å². The number of carbonyl (C=O) groups is 2. The summed E-state index contributed by atoms with van der Waals surface area (Å²) in [7, 11) is 0. The normalized spacial score (nSPS) is 28.5. The lowest BCUT2D eigenvalue weighted by Crippen LogP contribution is -2.51. The number of halogens is 1. The standard InChI is InChI=1S/C32H48ClN3O5S/c1-31(2,3)36(30(38)41-11-6-10-40-28-7-4-5-9-39-28)8-12-42-27-16-25(26(33)20-34-27)29(37)35-21-32-17-22-13-23(18-32)15-24(14-22)19-32/h16,20,22-24,28H,4-15,17-19,21H2,1-3H3,(H,35,37). The summed E-state index contributed by atoms with van der Waals surface area (Å²) in [5, 5.41) is 4.31. The van der Waals surface area contributed by atoms with Crippen molar-refractivity contribution in [2.24, 2.45) is 23.2 Å².